The average molecular weight is 534 g/mol. The van der Waals surface area contributed by atoms with Crippen LogP contribution in [0.15, 0.2) is 82.7 Å². The summed E-state index contributed by atoms with van der Waals surface area (Å²) in [6.07, 6.45) is 3.96. The van der Waals surface area contributed by atoms with E-state index in [9.17, 15) is 4.79 Å². The van der Waals surface area contributed by atoms with Crippen LogP contribution in [0.2, 0.25) is 0 Å². The molecule has 4 nitrogen and oxygen atoms in total. The molecular formula is C34H35N3OS. The normalized spacial score (nSPS) is 15.6. The van der Waals surface area contributed by atoms with Crippen LogP contribution in [0.5, 0.6) is 0 Å². The highest BCUT2D eigenvalue weighted by atomic mass is 32.2. The van der Waals surface area contributed by atoms with Crippen LogP contribution >= 0.6 is 11.8 Å². The number of amidine groups is 1. The van der Waals surface area contributed by atoms with Crippen LogP contribution in [0.25, 0.3) is 11.8 Å². The van der Waals surface area contributed by atoms with Gasteiger partial charge in [0.05, 0.1) is 22.0 Å². The van der Waals surface area contributed by atoms with Crippen molar-refractivity contribution in [2.75, 3.05) is 4.90 Å². The number of thioether (sulfide) groups is 1. The predicted molar refractivity (Wildman–Crippen MR) is 167 cm³/mol. The number of carbonyl (C=O) groups is 1. The van der Waals surface area contributed by atoms with Gasteiger partial charge < -0.3 is 4.57 Å². The van der Waals surface area contributed by atoms with Gasteiger partial charge in [0.1, 0.15) is 0 Å². The maximum Gasteiger partial charge on any atom is 0.271 e. The fraction of sp³-hybridized carbons (Fsp3) is 0.235. The number of hydrogen-bond acceptors (Lipinski definition) is 3. The van der Waals surface area contributed by atoms with E-state index in [1.807, 2.05) is 30.3 Å². The third kappa shape index (κ3) is 5.24. The zero-order valence-corrected chi connectivity index (χ0v) is 24.4. The lowest BCUT2D eigenvalue weighted by Gasteiger charge is -2.16. The summed E-state index contributed by atoms with van der Waals surface area (Å²) in [7, 11) is 0. The molecule has 0 radical (unpaired) electrons. The van der Waals surface area contributed by atoms with Crippen molar-refractivity contribution in [3.63, 3.8) is 0 Å². The van der Waals surface area contributed by atoms with Crippen LogP contribution in [0.4, 0.5) is 11.4 Å². The van der Waals surface area contributed by atoms with E-state index < -0.39 is 0 Å². The fourth-order valence-corrected chi connectivity index (χ4v) is 6.14. The molecule has 1 fully saturated rings. The number of aromatic nitrogens is 1. The molecule has 1 amide bonds. The maximum atomic E-state index is 13.9. The highest BCUT2D eigenvalue weighted by molar-refractivity contribution is 8.19. The Balaban J connectivity index is 1.58. The quantitative estimate of drug-likeness (QED) is 0.233. The number of benzene rings is 3. The first-order valence-electron chi connectivity index (χ1n) is 13.6. The molecule has 1 aliphatic rings. The second-order valence-electron chi connectivity index (χ2n) is 10.1. The van der Waals surface area contributed by atoms with Gasteiger partial charge in [0.25, 0.3) is 5.91 Å². The van der Waals surface area contributed by atoms with E-state index >= 15 is 0 Å². The van der Waals surface area contributed by atoms with E-state index in [-0.39, 0.29) is 5.91 Å². The SMILES string of the molecule is CCc1ccc(N=C2S/C(=C\c3cc(C)n(-c4c(C)cccc4C)c3C)C(=O)N2c2ccc(CC)cc2)cc1. The van der Waals surface area contributed by atoms with Gasteiger partial charge in [0.15, 0.2) is 5.17 Å². The maximum absolute atomic E-state index is 13.9. The average Bonchev–Trinajstić information content (AvgIpc) is 3.38. The van der Waals surface area contributed by atoms with Gasteiger partial charge in [0, 0.05) is 11.4 Å². The Bertz CT molecular complexity index is 1570. The van der Waals surface area contributed by atoms with Crippen LogP contribution in [0.1, 0.15) is 53.1 Å². The molecule has 1 aliphatic heterocycles. The number of para-hydroxylation sites is 1. The van der Waals surface area contributed by atoms with Crippen LogP contribution in [-0.2, 0) is 17.6 Å². The smallest absolute Gasteiger partial charge is 0.271 e. The minimum Gasteiger partial charge on any atom is -0.317 e. The van der Waals surface area contributed by atoms with Crippen LogP contribution < -0.4 is 4.90 Å². The zero-order chi connectivity index (χ0) is 27.7. The predicted octanol–water partition coefficient (Wildman–Crippen LogP) is 8.64. The van der Waals surface area contributed by atoms with E-state index in [2.05, 4.69) is 94.6 Å². The molecule has 1 aromatic heterocycles. The minimum atomic E-state index is -0.0509. The van der Waals surface area contributed by atoms with E-state index in [0.29, 0.717) is 10.1 Å². The van der Waals surface area contributed by atoms with Crippen molar-refractivity contribution >= 4 is 40.3 Å². The number of rotatable bonds is 6. The standard InChI is InChI=1S/C34H35N3OS/c1-7-26-12-16-29(17-13-26)35-34-37(30-18-14-27(8-2)15-19-30)33(38)31(39-34)21-28-20-24(5)36(25(28)6)32-22(3)10-9-11-23(32)4/h9-21H,7-8H2,1-6H3/b31-21-,35-34?. The molecule has 5 rings (SSSR count). The van der Waals surface area contributed by atoms with Crippen molar-refractivity contribution in [1.82, 2.24) is 4.57 Å². The van der Waals surface area contributed by atoms with Crippen LogP contribution in [-0.4, -0.2) is 15.6 Å². The number of aliphatic imine (C=N–C) groups is 1. The summed E-state index contributed by atoms with van der Waals surface area (Å²) in [4.78, 5) is 21.2. The van der Waals surface area contributed by atoms with Crippen molar-refractivity contribution in [2.24, 2.45) is 4.99 Å². The first kappa shape index (κ1) is 26.8. The summed E-state index contributed by atoms with van der Waals surface area (Å²) in [5, 5.41) is 0.670. The molecule has 0 aliphatic carbocycles. The van der Waals surface area contributed by atoms with Gasteiger partial charge >= 0.3 is 0 Å². The lowest BCUT2D eigenvalue weighted by Crippen LogP contribution is -2.28. The van der Waals surface area contributed by atoms with Gasteiger partial charge in [-0.1, -0.05) is 56.3 Å². The molecular weight excluding hydrogens is 498 g/mol. The van der Waals surface area contributed by atoms with Gasteiger partial charge in [-0.05, 0) is 117 Å². The summed E-state index contributed by atoms with van der Waals surface area (Å²) in [5.41, 5.74) is 11.1. The van der Waals surface area contributed by atoms with Gasteiger partial charge in [0.2, 0.25) is 0 Å². The Kier molecular flexibility index (Phi) is 7.62. The Labute approximate surface area is 236 Å². The lowest BCUT2D eigenvalue weighted by atomic mass is 10.1. The van der Waals surface area contributed by atoms with Crippen LogP contribution in [0.3, 0.4) is 0 Å². The first-order valence-corrected chi connectivity index (χ1v) is 14.4. The zero-order valence-electron chi connectivity index (χ0n) is 23.6. The highest BCUT2D eigenvalue weighted by Crippen LogP contribution is 2.38. The first-order chi connectivity index (χ1) is 18.8. The third-order valence-corrected chi connectivity index (χ3v) is 8.37. The van der Waals surface area contributed by atoms with Gasteiger partial charge in [-0.3, -0.25) is 9.69 Å². The van der Waals surface area contributed by atoms with Gasteiger partial charge in [-0.25, -0.2) is 4.99 Å². The second kappa shape index (κ2) is 11.1. The fourth-order valence-electron chi connectivity index (χ4n) is 5.15. The lowest BCUT2D eigenvalue weighted by molar-refractivity contribution is -0.113. The minimum absolute atomic E-state index is 0.0509. The number of amides is 1. The Morgan fingerprint density at radius 1 is 0.821 bits per heavy atom. The second-order valence-corrected chi connectivity index (χ2v) is 11.1. The van der Waals surface area contributed by atoms with E-state index in [4.69, 9.17) is 4.99 Å². The molecule has 2 heterocycles. The van der Waals surface area contributed by atoms with E-state index in [1.165, 1.54) is 39.7 Å². The molecule has 0 N–H and O–H groups in total. The molecule has 0 atom stereocenters. The van der Waals surface area contributed by atoms with E-state index in [1.54, 1.807) is 4.90 Å². The summed E-state index contributed by atoms with van der Waals surface area (Å²) >= 11 is 1.44. The summed E-state index contributed by atoms with van der Waals surface area (Å²) in [5.74, 6) is -0.0509. The molecule has 0 unspecified atom stereocenters. The third-order valence-electron chi connectivity index (χ3n) is 7.40. The molecule has 5 heteroatoms. The van der Waals surface area contributed by atoms with Gasteiger partial charge in [-0.15, -0.1) is 0 Å². The van der Waals surface area contributed by atoms with Crippen molar-refractivity contribution < 1.29 is 4.79 Å². The number of nitrogens with zero attached hydrogens (tertiary/aromatic N) is 3. The molecule has 3 aromatic carbocycles. The van der Waals surface area contributed by atoms with Crippen molar-refractivity contribution in [3.05, 3.63) is 117 Å². The van der Waals surface area contributed by atoms with Crippen LogP contribution in [0, 0.1) is 27.7 Å². The number of hydrogen-bond donors (Lipinski definition) is 0. The number of aryl methyl sites for hydroxylation is 5. The Hall–Kier alpha value is -3.83. The molecule has 4 aromatic rings. The summed E-state index contributed by atoms with van der Waals surface area (Å²) in [6, 6.07) is 25.0. The molecule has 198 valence electrons. The molecule has 39 heavy (non-hydrogen) atoms. The van der Waals surface area contributed by atoms with Crippen molar-refractivity contribution in [2.45, 2.75) is 54.4 Å². The summed E-state index contributed by atoms with van der Waals surface area (Å²) in [6.45, 7) is 12.8. The van der Waals surface area contributed by atoms with E-state index in [0.717, 1.165) is 41.2 Å². The molecule has 1 saturated heterocycles. The largest absolute Gasteiger partial charge is 0.317 e. The Morgan fingerprint density at radius 2 is 1.41 bits per heavy atom. The molecule has 0 bridgehead atoms. The highest BCUT2D eigenvalue weighted by Gasteiger charge is 2.35. The Morgan fingerprint density at radius 3 is 2.00 bits per heavy atom. The molecule has 0 saturated carbocycles. The van der Waals surface area contributed by atoms with Crippen molar-refractivity contribution in [1.29, 1.82) is 0 Å². The number of anilines is 1. The van der Waals surface area contributed by atoms with Crippen molar-refractivity contribution in [3.8, 4) is 5.69 Å². The summed E-state index contributed by atoms with van der Waals surface area (Å²) < 4.78 is 2.30. The van der Waals surface area contributed by atoms with Gasteiger partial charge in [-0.2, -0.15) is 0 Å². The number of carbonyl (C=O) groups excluding carboxylic acids is 1. The monoisotopic (exact) mass is 533 g/mol. The topological polar surface area (TPSA) is 37.6 Å². The molecule has 0 spiro atoms.